The van der Waals surface area contributed by atoms with Crippen molar-refractivity contribution in [1.29, 1.82) is 0 Å². The van der Waals surface area contributed by atoms with E-state index in [-0.39, 0.29) is 160 Å². The lowest BCUT2D eigenvalue weighted by Gasteiger charge is -2.24. The summed E-state index contributed by atoms with van der Waals surface area (Å²) >= 11 is 24.8. The Morgan fingerprint density at radius 3 is 1.46 bits per heavy atom. The highest BCUT2D eigenvalue weighted by molar-refractivity contribution is 6.35. The van der Waals surface area contributed by atoms with Gasteiger partial charge in [0.05, 0.1) is 124 Å². The number of carbonyl (C=O) groups excluding carboxylic acids is 6. The van der Waals surface area contributed by atoms with Crippen LogP contribution >= 0.6 is 46.4 Å². The summed E-state index contributed by atoms with van der Waals surface area (Å²) in [4.78, 5) is 98.3. The number of amides is 6. The second-order valence-corrected chi connectivity index (χ2v) is 25.6. The highest BCUT2D eigenvalue weighted by Crippen LogP contribution is 2.27. The monoisotopic (exact) mass is 1540 g/mol. The van der Waals surface area contributed by atoms with Crippen LogP contribution in [-0.4, -0.2) is 226 Å². The van der Waals surface area contributed by atoms with E-state index in [1.54, 1.807) is 24.4 Å². The lowest BCUT2D eigenvalue weighted by molar-refractivity contribution is -0.138. The van der Waals surface area contributed by atoms with Crippen molar-refractivity contribution in [2.24, 2.45) is 10.9 Å². The first-order valence-corrected chi connectivity index (χ1v) is 36.9. The van der Waals surface area contributed by atoms with Gasteiger partial charge in [0, 0.05) is 77.6 Å². The topological polar surface area (TPSA) is 362 Å². The Morgan fingerprint density at radius 2 is 0.990 bits per heavy atom. The first kappa shape index (κ1) is 89.6. The van der Waals surface area contributed by atoms with E-state index in [1.165, 1.54) is 18.2 Å². The third kappa shape index (κ3) is 44.3. The number of halogens is 4. The number of alkyl carbamates (subject to hydrolysis) is 2. The molecule has 5 unspecified atom stereocenters. The number of aliphatic carboxylic acids is 1. The summed E-state index contributed by atoms with van der Waals surface area (Å²) in [6.07, 6.45) is 16.4. The number of rotatable bonds is 58. The van der Waals surface area contributed by atoms with Crippen LogP contribution in [0.2, 0.25) is 20.1 Å². The van der Waals surface area contributed by atoms with Crippen LogP contribution in [0.4, 0.5) is 15.4 Å². The second kappa shape index (κ2) is 57.5. The molecule has 2 aromatic carbocycles. The number of nitrogens with zero attached hydrogens (tertiary/aromatic N) is 2. The third-order valence-electron chi connectivity index (χ3n) is 15.4. The van der Waals surface area contributed by atoms with E-state index in [0.717, 1.165) is 50.1 Å². The van der Waals surface area contributed by atoms with Crippen molar-refractivity contribution in [3.63, 3.8) is 0 Å². The molecule has 1 aliphatic rings. The molecule has 0 saturated heterocycles. The SMILES string of the molecule is CC1CCC=C/C=C\C1=NCCCCC(=O)NC(COCCOCCOCCOCCOC(=O)NCCCCCCNC(=O)OCCOCCOCCOCCOCC(NC(=O)CCCCNc1ccccn1)C(=O)NC(CC(=O)O)c1cc(Cl)cc(Cl)c1)C(=O)NC(CCO)c1cc(Cl)cc(Cl)c1. The van der Waals surface area contributed by atoms with Crippen molar-refractivity contribution in [2.45, 2.75) is 121 Å². The van der Waals surface area contributed by atoms with Gasteiger partial charge in [0.15, 0.2) is 0 Å². The van der Waals surface area contributed by atoms with Crippen LogP contribution in [-0.2, 0) is 71.3 Å². The molecule has 9 N–H and O–H groups in total. The number of hydrogen-bond acceptors (Lipinski definition) is 21. The van der Waals surface area contributed by atoms with E-state index in [9.17, 15) is 43.8 Å². The number of unbranched alkanes of at least 4 members (excludes halogenated alkanes) is 5. The Morgan fingerprint density at radius 1 is 0.538 bits per heavy atom. The van der Waals surface area contributed by atoms with Crippen molar-refractivity contribution in [3.05, 3.63) is 116 Å². The number of carboxylic acid groups (broad SMARTS) is 1. The zero-order valence-electron chi connectivity index (χ0n) is 59.4. The number of aliphatic hydroxyl groups is 1. The zero-order chi connectivity index (χ0) is 75.0. The molecular weight excluding hydrogens is 1440 g/mol. The van der Waals surface area contributed by atoms with E-state index in [0.29, 0.717) is 85.6 Å². The van der Waals surface area contributed by atoms with Crippen LogP contribution in [0, 0.1) is 5.92 Å². The molecule has 1 aliphatic carbocycles. The maximum atomic E-state index is 13.7. The van der Waals surface area contributed by atoms with Gasteiger partial charge >= 0.3 is 18.2 Å². The highest BCUT2D eigenvalue weighted by atomic mass is 35.5. The molecule has 0 fully saturated rings. The van der Waals surface area contributed by atoms with Gasteiger partial charge in [-0.15, -0.1) is 0 Å². The van der Waals surface area contributed by atoms with Crippen LogP contribution < -0.4 is 37.2 Å². The van der Waals surface area contributed by atoms with Gasteiger partial charge in [0.25, 0.3) is 0 Å². The van der Waals surface area contributed by atoms with E-state index >= 15 is 0 Å². The van der Waals surface area contributed by atoms with Gasteiger partial charge in [-0.2, -0.15) is 0 Å². The summed E-state index contributed by atoms with van der Waals surface area (Å²) in [7, 11) is 0. The van der Waals surface area contributed by atoms with Crippen molar-refractivity contribution in [1.82, 2.24) is 36.9 Å². The maximum absolute atomic E-state index is 13.7. The van der Waals surface area contributed by atoms with Crippen molar-refractivity contribution in [2.75, 3.05) is 157 Å². The standard InChI is InChI=1S/C72H105Cl4N9O19/c1-53-16-6-2-3-7-17-60(53)77-22-14-9-19-66(87)82-63(69(91)84-61(21-27-86)54-44-56(73)48-57(74)45-54)51-101-38-36-97-30-28-95-32-34-99-40-42-103-71(93)80-25-11-4-5-12-26-81-72(94)104-43-41-100-35-33-96-29-31-98-37-39-102-52-64(83-67(88)20-10-15-24-79-65-18-8-13-23-78-65)70(92)85-62(50-68(89)90)55-46-58(75)49-59(76)47-55/h2-3,7-8,13,17-18,23,44-49,53,61-64,86H,4-6,9-12,14-16,19-22,24-43,50-52H2,1H3,(H,78,79)(H,80,93)(H,81,94)(H,82,87)(H,83,88)(H,84,91)(H,85,92)(H,89,90)/b3-2?,17-7-,77-60?. The molecule has 0 radical (unpaired) electrons. The molecule has 0 spiro atoms. The number of carboxylic acids is 1. The molecule has 32 heteroatoms. The normalized spacial score (nSPS) is 14.6. The third-order valence-corrected chi connectivity index (χ3v) is 16.2. The van der Waals surface area contributed by atoms with Gasteiger partial charge in [-0.3, -0.25) is 29.0 Å². The lowest BCUT2D eigenvalue weighted by atomic mass is 9.97. The van der Waals surface area contributed by atoms with Crippen LogP contribution in [0.25, 0.3) is 0 Å². The van der Waals surface area contributed by atoms with Gasteiger partial charge in [0.1, 0.15) is 31.1 Å². The number of allylic oxidation sites excluding steroid dienone is 4. The molecule has 580 valence electrons. The van der Waals surface area contributed by atoms with Gasteiger partial charge in [-0.05, 0) is 129 Å². The van der Waals surface area contributed by atoms with E-state index in [4.69, 9.17) is 98.8 Å². The van der Waals surface area contributed by atoms with E-state index < -0.39 is 60.6 Å². The molecule has 28 nitrogen and oxygen atoms in total. The number of aromatic nitrogens is 1. The molecule has 104 heavy (non-hydrogen) atoms. The van der Waals surface area contributed by atoms with Gasteiger partial charge in [-0.25, -0.2) is 14.6 Å². The number of pyridine rings is 1. The highest BCUT2D eigenvalue weighted by Gasteiger charge is 2.28. The molecule has 3 aromatic rings. The van der Waals surface area contributed by atoms with Gasteiger partial charge < -0.3 is 94.8 Å². The molecule has 1 aromatic heterocycles. The second-order valence-electron chi connectivity index (χ2n) is 23.9. The minimum absolute atomic E-state index is 0.0553. The number of ether oxygens (including phenoxy) is 10. The quantitative estimate of drug-likeness (QED) is 0.0238. The van der Waals surface area contributed by atoms with E-state index in [1.807, 2.05) is 36.4 Å². The number of aliphatic hydroxyl groups excluding tert-OH is 1. The van der Waals surface area contributed by atoms with Crippen molar-refractivity contribution >= 4 is 99.7 Å². The Hall–Kier alpha value is -6.77. The largest absolute Gasteiger partial charge is 0.481 e. The summed E-state index contributed by atoms with van der Waals surface area (Å²) in [5.74, 6) is -1.95. The molecule has 4 rings (SSSR count). The summed E-state index contributed by atoms with van der Waals surface area (Å²) < 4.78 is 55.1. The summed E-state index contributed by atoms with van der Waals surface area (Å²) in [5, 5.41) is 40.4. The molecule has 0 aliphatic heterocycles. The Bertz CT molecular complexity index is 3000. The Labute approximate surface area is 629 Å². The van der Waals surface area contributed by atoms with Gasteiger partial charge in [0.2, 0.25) is 23.6 Å². The average Bonchev–Trinajstić information content (AvgIpc) is 0.806. The van der Waals surface area contributed by atoms with Crippen LogP contribution in [0.5, 0.6) is 0 Å². The zero-order valence-corrected chi connectivity index (χ0v) is 62.4. The minimum Gasteiger partial charge on any atom is -0.481 e. The van der Waals surface area contributed by atoms with Crippen LogP contribution in [0.3, 0.4) is 0 Å². The number of anilines is 1. The number of nitrogens with one attached hydrogen (secondary N) is 7. The summed E-state index contributed by atoms with van der Waals surface area (Å²) in [6, 6.07) is 11.1. The van der Waals surface area contributed by atoms with Crippen LogP contribution in [0.15, 0.2) is 90.1 Å². The van der Waals surface area contributed by atoms with E-state index in [2.05, 4.69) is 55.2 Å². The maximum Gasteiger partial charge on any atom is 0.407 e. The Kier molecular flexibility index (Phi) is 49.5. The minimum atomic E-state index is -1.17. The molecule has 6 amide bonds. The van der Waals surface area contributed by atoms with Gasteiger partial charge in [-0.1, -0.05) is 90.5 Å². The van der Waals surface area contributed by atoms with Crippen LogP contribution in [0.1, 0.15) is 120 Å². The molecule has 5 atom stereocenters. The molecular formula is C72H105Cl4N9O19. The predicted octanol–water partition coefficient (Wildman–Crippen LogP) is 9.12. The fourth-order valence-corrected chi connectivity index (χ4v) is 11.1. The predicted molar refractivity (Wildman–Crippen MR) is 396 cm³/mol. The Balaban J connectivity index is 0.933. The number of benzene rings is 2. The molecule has 0 bridgehead atoms. The first-order valence-electron chi connectivity index (χ1n) is 35.4. The lowest BCUT2D eigenvalue weighted by Crippen LogP contribution is -2.50. The average molecular weight is 1540 g/mol. The summed E-state index contributed by atoms with van der Waals surface area (Å²) in [5.41, 5.74) is 2.04. The first-order chi connectivity index (χ1) is 50.5. The number of hydrogen-bond donors (Lipinski definition) is 9. The molecule has 1 heterocycles. The smallest absolute Gasteiger partial charge is 0.407 e. The van der Waals surface area contributed by atoms with Crippen molar-refractivity contribution in [3.8, 4) is 0 Å². The van der Waals surface area contributed by atoms with Crippen molar-refractivity contribution < 1.29 is 91.1 Å². The molecule has 0 saturated carbocycles. The fourth-order valence-electron chi connectivity index (χ4n) is 9.96. The number of aliphatic imine (C=N–C) groups is 1. The summed E-state index contributed by atoms with van der Waals surface area (Å²) in [6.45, 7) is 6.87. The fraction of sp³-hybridized carbons (Fsp3) is 0.597. The number of carbonyl (C=O) groups is 7.